The molecule has 0 aromatic carbocycles. The van der Waals surface area contributed by atoms with Crippen LogP contribution in [0, 0.1) is 0 Å². The molecule has 0 radical (unpaired) electrons. The second-order valence-electron chi connectivity index (χ2n) is 22.5. The van der Waals surface area contributed by atoms with E-state index in [0.717, 1.165) is 44.9 Å². The fraction of sp³-hybridized carbons (Fsp3) is 0.855. The van der Waals surface area contributed by atoms with Gasteiger partial charge in [0.25, 0.3) is 0 Å². The van der Waals surface area contributed by atoms with Crippen molar-refractivity contribution in [1.82, 2.24) is 5.32 Å². The van der Waals surface area contributed by atoms with Gasteiger partial charge in [-0.25, -0.2) is 0 Å². The van der Waals surface area contributed by atoms with Gasteiger partial charge in [-0.2, -0.15) is 0 Å². The third-order valence-electron chi connectivity index (χ3n) is 15.6. The molecule has 19 heteroatoms. The molecule has 81 heavy (non-hydrogen) atoms. The van der Waals surface area contributed by atoms with Crippen LogP contribution in [0.5, 0.6) is 0 Å². The zero-order valence-electron chi connectivity index (χ0n) is 49.3. The van der Waals surface area contributed by atoms with Crippen LogP contribution < -0.4 is 5.32 Å². The lowest BCUT2D eigenvalue weighted by molar-refractivity contribution is -0.379. The number of amides is 1. The number of carbonyl (C=O) groups is 1. The second-order valence-corrected chi connectivity index (χ2v) is 22.5. The van der Waals surface area contributed by atoms with E-state index in [1.165, 1.54) is 128 Å². The number of hydrogen-bond acceptors (Lipinski definition) is 18. The van der Waals surface area contributed by atoms with E-state index in [1.807, 2.05) is 6.08 Å². The minimum Gasteiger partial charge on any atom is -0.394 e. The molecule has 3 fully saturated rings. The summed E-state index contributed by atoms with van der Waals surface area (Å²) in [5.74, 6) is -0.292. The maximum Gasteiger partial charge on any atom is 0.220 e. The normalized spacial score (nSPS) is 30.1. The first kappa shape index (κ1) is 73.0. The van der Waals surface area contributed by atoms with Crippen molar-refractivity contribution in [2.75, 3.05) is 26.4 Å². The summed E-state index contributed by atoms with van der Waals surface area (Å²) in [6.45, 7) is 1.65. The summed E-state index contributed by atoms with van der Waals surface area (Å²) in [5.41, 5.74) is 0. The van der Waals surface area contributed by atoms with E-state index in [2.05, 4.69) is 55.6 Å². The summed E-state index contributed by atoms with van der Waals surface area (Å²) >= 11 is 0. The van der Waals surface area contributed by atoms with Crippen LogP contribution >= 0.6 is 0 Å². The summed E-state index contributed by atoms with van der Waals surface area (Å²) in [6, 6.07) is -0.996. The van der Waals surface area contributed by atoms with Crippen LogP contribution in [0.1, 0.15) is 206 Å². The summed E-state index contributed by atoms with van der Waals surface area (Å²) < 4.78 is 34.2. The molecule has 12 N–H and O–H groups in total. The quantitative estimate of drug-likeness (QED) is 0.0236. The molecule has 472 valence electrons. The molecule has 3 aliphatic heterocycles. The lowest BCUT2D eigenvalue weighted by Gasteiger charge is -2.48. The van der Waals surface area contributed by atoms with Gasteiger partial charge in [0, 0.05) is 6.42 Å². The topological polar surface area (TPSA) is 307 Å². The number of ether oxygens (including phenoxy) is 6. The molecular weight excluding hydrogens is 1050 g/mol. The number of allylic oxidation sites excluding steroid dienone is 7. The van der Waals surface area contributed by atoms with Gasteiger partial charge in [-0.1, -0.05) is 178 Å². The highest BCUT2D eigenvalue weighted by atomic mass is 16.8. The van der Waals surface area contributed by atoms with E-state index in [1.54, 1.807) is 6.08 Å². The van der Waals surface area contributed by atoms with E-state index < -0.39 is 124 Å². The SMILES string of the molecule is CCCCC/C=C/CC/C=C/CC/C=C/C(O)C(COC1OC(CO)C(OC2OC(CO)C(OC3OC(CO)C(O)C(O)C3O)C(O)C2O)C(O)C1O)NC(=O)CCCCCCCCCCCCC/C=C\CCCCCCCCCC. The van der Waals surface area contributed by atoms with Crippen LogP contribution in [0.15, 0.2) is 48.6 Å². The number of nitrogens with one attached hydrogen (secondary N) is 1. The number of rotatable bonds is 46. The first-order valence-electron chi connectivity index (χ1n) is 31.4. The highest BCUT2D eigenvalue weighted by Gasteiger charge is 2.53. The molecule has 3 saturated heterocycles. The van der Waals surface area contributed by atoms with Crippen LogP contribution in [0.2, 0.25) is 0 Å². The predicted molar refractivity (Wildman–Crippen MR) is 309 cm³/mol. The zero-order valence-corrected chi connectivity index (χ0v) is 49.3. The van der Waals surface area contributed by atoms with Crippen molar-refractivity contribution >= 4 is 5.91 Å². The summed E-state index contributed by atoms with van der Waals surface area (Å²) in [7, 11) is 0. The summed E-state index contributed by atoms with van der Waals surface area (Å²) in [5, 5.41) is 120. The van der Waals surface area contributed by atoms with Crippen LogP contribution in [-0.4, -0.2) is 193 Å². The largest absolute Gasteiger partial charge is 0.394 e. The van der Waals surface area contributed by atoms with Gasteiger partial charge in [-0.05, 0) is 70.6 Å². The Morgan fingerprint density at radius 2 is 0.790 bits per heavy atom. The molecule has 3 rings (SSSR count). The van der Waals surface area contributed by atoms with Gasteiger partial charge in [0.1, 0.15) is 73.2 Å². The minimum atomic E-state index is -1.98. The Hall–Kier alpha value is -2.25. The smallest absolute Gasteiger partial charge is 0.220 e. The Bertz CT molecular complexity index is 1670. The average molecular weight is 1160 g/mol. The average Bonchev–Trinajstić information content (AvgIpc) is 3.57. The number of aliphatic hydroxyl groups is 11. The number of aliphatic hydroxyl groups excluding tert-OH is 11. The predicted octanol–water partition coefficient (Wildman–Crippen LogP) is 6.26. The number of unbranched alkanes of at least 4 members (excludes halogenated alkanes) is 24. The van der Waals surface area contributed by atoms with E-state index in [-0.39, 0.29) is 18.9 Å². The molecule has 0 bridgehead atoms. The molecule has 1 amide bonds. The molecule has 0 aliphatic carbocycles. The van der Waals surface area contributed by atoms with E-state index in [4.69, 9.17) is 28.4 Å². The van der Waals surface area contributed by atoms with Gasteiger partial charge in [-0.15, -0.1) is 0 Å². The van der Waals surface area contributed by atoms with Crippen molar-refractivity contribution in [1.29, 1.82) is 0 Å². The van der Waals surface area contributed by atoms with Crippen LogP contribution in [0.25, 0.3) is 0 Å². The zero-order chi connectivity index (χ0) is 59.0. The lowest BCUT2D eigenvalue weighted by Crippen LogP contribution is -2.66. The first-order valence-corrected chi connectivity index (χ1v) is 31.4. The second kappa shape index (κ2) is 45.1. The van der Waals surface area contributed by atoms with E-state index >= 15 is 0 Å². The Morgan fingerprint density at radius 1 is 0.432 bits per heavy atom. The summed E-state index contributed by atoms with van der Waals surface area (Å²) in [4.78, 5) is 13.3. The molecule has 17 unspecified atom stereocenters. The standard InChI is InChI=1S/C62H111NO18/c1-3-5-7-9-11-13-15-17-18-19-20-21-22-23-24-25-26-28-30-32-34-36-38-40-50(68)63-45(46(67)39-37-35-33-31-29-27-16-14-12-10-8-6-4-2)44-76-60-56(74)53(71)58(48(42-65)78-60)81-62-57(75)54(72)59(49(43-66)79-62)80-61-55(73)52(70)51(69)47(41-64)77-61/h12,14,19-20,29,31,37,39,45-49,51-62,64-67,69-75H,3-11,13,15-18,21-28,30,32-36,38,40-44H2,1-2H3,(H,63,68)/b14-12+,20-19-,31-29+,39-37+. The van der Waals surface area contributed by atoms with E-state index in [9.17, 15) is 61.0 Å². The highest BCUT2D eigenvalue weighted by Crippen LogP contribution is 2.33. The van der Waals surface area contributed by atoms with Gasteiger partial charge in [-0.3, -0.25) is 4.79 Å². The Labute approximate surface area is 484 Å². The first-order chi connectivity index (χ1) is 39.3. The van der Waals surface area contributed by atoms with Crippen molar-refractivity contribution in [3.63, 3.8) is 0 Å². The third kappa shape index (κ3) is 28.7. The number of carbonyl (C=O) groups excluding carboxylic acids is 1. The molecule has 0 aromatic heterocycles. The van der Waals surface area contributed by atoms with Gasteiger partial charge in [0.05, 0.1) is 38.6 Å². The van der Waals surface area contributed by atoms with Crippen LogP contribution in [0.3, 0.4) is 0 Å². The van der Waals surface area contributed by atoms with Gasteiger partial charge in [0.15, 0.2) is 18.9 Å². The lowest BCUT2D eigenvalue weighted by atomic mass is 9.96. The maximum absolute atomic E-state index is 13.3. The fourth-order valence-electron chi connectivity index (χ4n) is 10.4. The van der Waals surface area contributed by atoms with Gasteiger partial charge in [0.2, 0.25) is 5.91 Å². The molecule has 3 heterocycles. The highest BCUT2D eigenvalue weighted by molar-refractivity contribution is 5.76. The third-order valence-corrected chi connectivity index (χ3v) is 15.6. The van der Waals surface area contributed by atoms with Crippen LogP contribution in [0.4, 0.5) is 0 Å². The Morgan fingerprint density at radius 3 is 1.26 bits per heavy atom. The molecule has 0 spiro atoms. The van der Waals surface area contributed by atoms with Crippen molar-refractivity contribution < 1.29 is 89.4 Å². The van der Waals surface area contributed by atoms with Crippen molar-refractivity contribution in [2.24, 2.45) is 0 Å². The molecule has 0 aromatic rings. The van der Waals surface area contributed by atoms with Crippen molar-refractivity contribution in [3.05, 3.63) is 48.6 Å². The van der Waals surface area contributed by atoms with Crippen molar-refractivity contribution in [2.45, 2.75) is 311 Å². The molecule has 0 saturated carbocycles. The monoisotopic (exact) mass is 1160 g/mol. The molecule has 3 aliphatic rings. The van der Waals surface area contributed by atoms with E-state index in [0.29, 0.717) is 12.8 Å². The maximum atomic E-state index is 13.3. The van der Waals surface area contributed by atoms with Crippen LogP contribution in [-0.2, 0) is 33.2 Å². The molecular formula is C62H111NO18. The summed E-state index contributed by atoms with van der Waals surface area (Å²) in [6.07, 6.45) is 23.9. The number of hydrogen-bond donors (Lipinski definition) is 12. The Kier molecular flexibility index (Phi) is 40.7. The van der Waals surface area contributed by atoms with Crippen molar-refractivity contribution in [3.8, 4) is 0 Å². The van der Waals surface area contributed by atoms with Gasteiger partial charge < -0.3 is 89.9 Å². The molecule has 19 nitrogen and oxygen atoms in total. The fourth-order valence-corrected chi connectivity index (χ4v) is 10.4. The minimum absolute atomic E-state index is 0.231. The Balaban J connectivity index is 1.47. The van der Waals surface area contributed by atoms with Gasteiger partial charge >= 0.3 is 0 Å². The molecule has 17 atom stereocenters.